The molecule has 98 valence electrons. The van der Waals surface area contributed by atoms with Crippen molar-refractivity contribution in [1.82, 2.24) is 0 Å². The van der Waals surface area contributed by atoms with Gasteiger partial charge in [0.15, 0.2) is 0 Å². The van der Waals surface area contributed by atoms with Crippen LogP contribution in [0.5, 0.6) is 5.75 Å². The van der Waals surface area contributed by atoms with E-state index in [1.165, 1.54) is 12.8 Å². The average molecular weight is 247 g/mol. The highest BCUT2D eigenvalue weighted by atomic mass is 16.5. The number of aliphatic hydroxyl groups is 1. The van der Waals surface area contributed by atoms with Crippen LogP contribution in [0.3, 0.4) is 0 Å². The van der Waals surface area contributed by atoms with Gasteiger partial charge in [-0.2, -0.15) is 0 Å². The van der Waals surface area contributed by atoms with Crippen molar-refractivity contribution in [1.29, 1.82) is 0 Å². The first-order chi connectivity index (χ1) is 8.74. The first-order valence-corrected chi connectivity index (χ1v) is 6.57. The molecule has 1 unspecified atom stereocenters. The van der Waals surface area contributed by atoms with Gasteiger partial charge < -0.3 is 15.2 Å². The molecule has 0 fully saturated rings. The number of nitrogens with one attached hydrogen (secondary N) is 1. The van der Waals surface area contributed by atoms with Gasteiger partial charge >= 0.3 is 0 Å². The summed E-state index contributed by atoms with van der Waals surface area (Å²) < 4.78 is 5.18. The largest absolute Gasteiger partial charge is 0.497 e. The van der Waals surface area contributed by atoms with E-state index in [0.29, 0.717) is 0 Å². The van der Waals surface area contributed by atoms with Crippen molar-refractivity contribution < 1.29 is 9.84 Å². The van der Waals surface area contributed by atoms with Gasteiger partial charge in [0.2, 0.25) is 0 Å². The summed E-state index contributed by atoms with van der Waals surface area (Å²) in [5, 5.41) is 13.2. The van der Waals surface area contributed by atoms with Crippen LogP contribution in [0.15, 0.2) is 23.8 Å². The molecule has 0 spiro atoms. The van der Waals surface area contributed by atoms with Gasteiger partial charge in [-0.3, -0.25) is 0 Å². The predicted octanol–water partition coefficient (Wildman–Crippen LogP) is 3.40. The van der Waals surface area contributed by atoms with Gasteiger partial charge in [0.25, 0.3) is 0 Å². The lowest BCUT2D eigenvalue weighted by Gasteiger charge is -2.24. The Kier molecular flexibility index (Phi) is 4.26. The Labute approximate surface area is 108 Å². The lowest BCUT2D eigenvalue weighted by molar-refractivity contribution is 0.234. The highest BCUT2D eigenvalue weighted by Gasteiger charge is 2.18. The van der Waals surface area contributed by atoms with Gasteiger partial charge in [-0.05, 0) is 42.2 Å². The summed E-state index contributed by atoms with van der Waals surface area (Å²) >= 11 is 0. The standard InChI is InChI=1S/C15H21NO2/c1-3-4-5-6-12-9-11-7-8-13(18-2)10-14(11)16-15(12)17/h7-10,15-17H,3-6H2,1-2H3. The van der Waals surface area contributed by atoms with Crippen LogP contribution in [0.1, 0.15) is 38.2 Å². The Morgan fingerprint density at radius 3 is 2.89 bits per heavy atom. The van der Waals surface area contributed by atoms with Crippen molar-refractivity contribution in [3.8, 4) is 5.75 Å². The number of anilines is 1. The number of aliphatic hydroxyl groups excluding tert-OH is 1. The SMILES string of the molecule is CCCCCC1=Cc2ccc(OC)cc2NC1O. The quantitative estimate of drug-likeness (QED) is 0.783. The number of fused-ring (bicyclic) bond motifs is 1. The number of hydrogen-bond donors (Lipinski definition) is 2. The fourth-order valence-electron chi connectivity index (χ4n) is 2.22. The minimum absolute atomic E-state index is 0.568. The fraction of sp³-hybridized carbons (Fsp3) is 0.467. The molecule has 2 N–H and O–H groups in total. The van der Waals surface area contributed by atoms with E-state index in [1.807, 2.05) is 18.2 Å². The molecule has 1 atom stereocenters. The molecule has 0 saturated heterocycles. The number of methoxy groups -OCH3 is 1. The van der Waals surface area contributed by atoms with Crippen molar-refractivity contribution in [2.24, 2.45) is 0 Å². The lowest BCUT2D eigenvalue weighted by atomic mass is 9.98. The van der Waals surface area contributed by atoms with Crippen molar-refractivity contribution >= 4 is 11.8 Å². The molecule has 0 radical (unpaired) electrons. The van der Waals surface area contributed by atoms with Crippen LogP contribution in [0, 0.1) is 0 Å². The summed E-state index contributed by atoms with van der Waals surface area (Å²) in [6.45, 7) is 2.19. The van der Waals surface area contributed by atoms with Crippen molar-refractivity contribution in [2.45, 2.75) is 38.8 Å². The lowest BCUT2D eigenvalue weighted by Crippen LogP contribution is -2.24. The van der Waals surface area contributed by atoms with Crippen LogP contribution < -0.4 is 10.1 Å². The number of rotatable bonds is 5. The summed E-state index contributed by atoms with van der Waals surface area (Å²) in [5.74, 6) is 0.802. The Hall–Kier alpha value is -1.48. The molecule has 0 amide bonds. The van der Waals surface area contributed by atoms with Gasteiger partial charge in [0.05, 0.1) is 7.11 Å². The summed E-state index contributed by atoms with van der Waals surface area (Å²) in [5.41, 5.74) is 3.12. The third-order valence-corrected chi connectivity index (χ3v) is 3.31. The van der Waals surface area contributed by atoms with Crippen LogP contribution in [0.4, 0.5) is 5.69 Å². The Morgan fingerprint density at radius 2 is 2.17 bits per heavy atom. The first-order valence-electron chi connectivity index (χ1n) is 6.57. The number of benzene rings is 1. The van der Waals surface area contributed by atoms with Gasteiger partial charge in [-0.15, -0.1) is 0 Å². The van der Waals surface area contributed by atoms with E-state index in [2.05, 4.69) is 18.3 Å². The zero-order valence-electron chi connectivity index (χ0n) is 11.1. The minimum Gasteiger partial charge on any atom is -0.497 e. The number of unbranched alkanes of at least 4 members (excludes halogenated alkanes) is 2. The molecular weight excluding hydrogens is 226 g/mol. The summed E-state index contributed by atoms with van der Waals surface area (Å²) in [6.07, 6.45) is 6.01. The molecule has 0 bridgehead atoms. The third-order valence-electron chi connectivity index (χ3n) is 3.31. The van der Waals surface area contributed by atoms with Crippen LogP contribution in [0.25, 0.3) is 6.08 Å². The molecule has 1 aliphatic heterocycles. The molecule has 1 heterocycles. The molecule has 1 aromatic carbocycles. The van der Waals surface area contributed by atoms with Gasteiger partial charge in [0, 0.05) is 11.8 Å². The van der Waals surface area contributed by atoms with E-state index in [4.69, 9.17) is 4.74 Å². The Bertz CT molecular complexity index is 440. The Balaban J connectivity index is 2.15. The van der Waals surface area contributed by atoms with E-state index in [0.717, 1.165) is 35.4 Å². The maximum absolute atomic E-state index is 10.1. The van der Waals surface area contributed by atoms with Crippen molar-refractivity contribution in [3.63, 3.8) is 0 Å². The van der Waals surface area contributed by atoms with E-state index >= 15 is 0 Å². The predicted molar refractivity (Wildman–Crippen MR) is 74.7 cm³/mol. The molecule has 1 aliphatic rings. The maximum atomic E-state index is 10.1. The molecule has 18 heavy (non-hydrogen) atoms. The van der Waals surface area contributed by atoms with Crippen LogP contribution in [-0.2, 0) is 0 Å². The highest BCUT2D eigenvalue weighted by Crippen LogP contribution is 2.31. The number of ether oxygens (including phenoxy) is 1. The summed E-state index contributed by atoms with van der Waals surface area (Å²) in [4.78, 5) is 0. The van der Waals surface area contributed by atoms with Crippen LogP contribution in [0.2, 0.25) is 0 Å². The van der Waals surface area contributed by atoms with E-state index in [1.54, 1.807) is 7.11 Å². The molecular formula is C15H21NO2. The van der Waals surface area contributed by atoms with Gasteiger partial charge in [-0.1, -0.05) is 19.8 Å². The monoisotopic (exact) mass is 247 g/mol. The number of hydrogen-bond acceptors (Lipinski definition) is 3. The smallest absolute Gasteiger partial charge is 0.147 e. The van der Waals surface area contributed by atoms with Crippen LogP contribution in [-0.4, -0.2) is 18.4 Å². The molecule has 0 aliphatic carbocycles. The maximum Gasteiger partial charge on any atom is 0.147 e. The van der Waals surface area contributed by atoms with Crippen molar-refractivity contribution in [3.05, 3.63) is 29.3 Å². The van der Waals surface area contributed by atoms with E-state index < -0.39 is 6.23 Å². The topological polar surface area (TPSA) is 41.5 Å². The van der Waals surface area contributed by atoms with E-state index in [9.17, 15) is 5.11 Å². The average Bonchev–Trinajstić information content (AvgIpc) is 2.39. The van der Waals surface area contributed by atoms with Gasteiger partial charge in [0.1, 0.15) is 12.0 Å². The van der Waals surface area contributed by atoms with Crippen LogP contribution >= 0.6 is 0 Å². The summed E-state index contributed by atoms with van der Waals surface area (Å²) in [6, 6.07) is 5.88. The fourth-order valence-corrected chi connectivity index (χ4v) is 2.22. The zero-order chi connectivity index (χ0) is 13.0. The second-order valence-electron chi connectivity index (χ2n) is 4.68. The molecule has 3 nitrogen and oxygen atoms in total. The molecule has 0 aromatic heterocycles. The normalized spacial score (nSPS) is 17.7. The molecule has 2 rings (SSSR count). The second kappa shape index (κ2) is 5.91. The summed E-state index contributed by atoms with van der Waals surface area (Å²) in [7, 11) is 1.65. The molecule has 0 saturated carbocycles. The molecule has 1 aromatic rings. The first kappa shape index (κ1) is 13.0. The minimum atomic E-state index is -0.568. The highest BCUT2D eigenvalue weighted by molar-refractivity contribution is 5.74. The van der Waals surface area contributed by atoms with E-state index in [-0.39, 0.29) is 0 Å². The van der Waals surface area contributed by atoms with Crippen molar-refractivity contribution in [2.75, 3.05) is 12.4 Å². The van der Waals surface area contributed by atoms with Gasteiger partial charge in [-0.25, -0.2) is 0 Å². The zero-order valence-corrected chi connectivity index (χ0v) is 11.1. The third kappa shape index (κ3) is 2.85. The second-order valence-corrected chi connectivity index (χ2v) is 4.68. The Morgan fingerprint density at radius 1 is 1.33 bits per heavy atom. The molecule has 3 heteroatoms.